The van der Waals surface area contributed by atoms with Crippen LogP contribution in [0.4, 0.5) is 4.39 Å². The fourth-order valence-corrected chi connectivity index (χ4v) is 1.93. The van der Waals surface area contributed by atoms with Crippen molar-refractivity contribution in [1.82, 2.24) is 0 Å². The Hall–Kier alpha value is -1.69. The zero-order chi connectivity index (χ0) is 15.1. The summed E-state index contributed by atoms with van der Waals surface area (Å²) in [5, 5.41) is 0.368. The minimum absolute atomic E-state index is 0.140. The monoisotopic (exact) mass is 322 g/mol. The molecule has 2 aromatic carbocycles. The van der Waals surface area contributed by atoms with Crippen LogP contribution in [0.1, 0.15) is 17.5 Å². The molecule has 4 heteroatoms. The number of ether oxygens (including phenoxy) is 1. The van der Waals surface area contributed by atoms with Crippen molar-refractivity contribution in [2.24, 2.45) is 0 Å². The first-order chi connectivity index (χ1) is 10.2. The van der Waals surface area contributed by atoms with E-state index < -0.39 is 0 Å². The molecule has 0 atom stereocenters. The Balaban J connectivity index is 2.03. The van der Waals surface area contributed by atoms with Crippen LogP contribution in [0.5, 0.6) is 5.75 Å². The van der Waals surface area contributed by atoms with E-state index in [0.717, 1.165) is 5.56 Å². The second kappa shape index (κ2) is 7.93. The normalized spacial score (nSPS) is 9.86. The predicted octanol–water partition coefficient (Wildman–Crippen LogP) is 5.04. The smallest absolute Gasteiger partial charge is 0.131 e. The van der Waals surface area contributed by atoms with Crippen molar-refractivity contribution in [3.63, 3.8) is 0 Å². The molecule has 0 radical (unpaired) electrons. The van der Waals surface area contributed by atoms with Gasteiger partial charge >= 0.3 is 0 Å². The minimum atomic E-state index is -0.374. The lowest BCUT2D eigenvalue weighted by Crippen LogP contribution is -1.98. The highest BCUT2D eigenvalue weighted by Crippen LogP contribution is 2.18. The molecule has 0 aliphatic carbocycles. The third-order valence-corrected chi connectivity index (χ3v) is 3.12. The molecule has 2 aromatic rings. The zero-order valence-corrected chi connectivity index (χ0v) is 12.7. The van der Waals surface area contributed by atoms with Crippen molar-refractivity contribution >= 4 is 23.2 Å². The molecule has 2 rings (SSSR count). The maximum absolute atomic E-state index is 13.6. The van der Waals surface area contributed by atoms with Gasteiger partial charge in [-0.15, -0.1) is 11.6 Å². The number of rotatable bonds is 4. The molecule has 0 bridgehead atoms. The summed E-state index contributed by atoms with van der Waals surface area (Å²) in [6.07, 6.45) is 0.641. The predicted molar refractivity (Wildman–Crippen MR) is 84.4 cm³/mol. The summed E-state index contributed by atoms with van der Waals surface area (Å²) < 4.78 is 19.2. The van der Waals surface area contributed by atoms with Crippen LogP contribution in [0, 0.1) is 17.7 Å². The summed E-state index contributed by atoms with van der Waals surface area (Å²) in [5.74, 6) is 6.73. The summed E-state index contributed by atoms with van der Waals surface area (Å²) in [5.41, 5.74) is 1.30. The van der Waals surface area contributed by atoms with Crippen LogP contribution in [0.3, 0.4) is 0 Å². The van der Waals surface area contributed by atoms with Crippen LogP contribution in [0.25, 0.3) is 0 Å². The van der Waals surface area contributed by atoms with E-state index in [1.807, 2.05) is 18.2 Å². The third-order valence-electron chi connectivity index (χ3n) is 2.70. The topological polar surface area (TPSA) is 9.23 Å². The van der Waals surface area contributed by atoms with Gasteiger partial charge in [-0.05, 0) is 30.3 Å². The average molecular weight is 323 g/mol. The molecule has 21 heavy (non-hydrogen) atoms. The molecular formula is C17H13Cl2FO. The van der Waals surface area contributed by atoms with Crippen molar-refractivity contribution < 1.29 is 9.13 Å². The van der Waals surface area contributed by atoms with Crippen LogP contribution in [0.2, 0.25) is 5.02 Å². The van der Waals surface area contributed by atoms with Gasteiger partial charge in [0.15, 0.2) is 0 Å². The minimum Gasteiger partial charge on any atom is -0.489 e. The summed E-state index contributed by atoms with van der Waals surface area (Å²) >= 11 is 11.3. The van der Waals surface area contributed by atoms with E-state index in [9.17, 15) is 4.39 Å². The summed E-state index contributed by atoms with van der Waals surface area (Å²) in [6.45, 7) is 0.140. The molecule has 1 nitrogen and oxygen atoms in total. The highest BCUT2D eigenvalue weighted by Gasteiger charge is 2.04. The second-order valence-electron chi connectivity index (χ2n) is 4.29. The SMILES string of the molecule is Fc1cc(Cl)ccc1COc1cccc(C#CCCCl)c1. The first kappa shape index (κ1) is 15.7. The third kappa shape index (κ3) is 4.97. The number of alkyl halides is 1. The van der Waals surface area contributed by atoms with E-state index in [1.165, 1.54) is 6.07 Å². The van der Waals surface area contributed by atoms with Crippen molar-refractivity contribution in [1.29, 1.82) is 0 Å². The molecule has 0 unspecified atom stereocenters. The van der Waals surface area contributed by atoms with Gasteiger partial charge in [0.1, 0.15) is 18.2 Å². The molecule has 0 heterocycles. The number of hydrogen-bond donors (Lipinski definition) is 0. The lowest BCUT2D eigenvalue weighted by Gasteiger charge is -2.07. The summed E-state index contributed by atoms with van der Waals surface area (Å²) in [7, 11) is 0. The lowest BCUT2D eigenvalue weighted by molar-refractivity contribution is 0.300. The molecule has 0 amide bonds. The molecule has 0 N–H and O–H groups in total. The standard InChI is InChI=1S/C17H13Cl2FO/c18-9-2-1-4-13-5-3-6-16(10-13)21-12-14-7-8-15(19)11-17(14)20/h3,5-8,10-11H,2,9,12H2. The number of hydrogen-bond acceptors (Lipinski definition) is 1. The first-order valence-corrected chi connectivity index (χ1v) is 7.32. The molecule has 0 aliphatic rings. The molecule has 0 fully saturated rings. The van der Waals surface area contributed by atoms with Crippen LogP contribution < -0.4 is 4.74 Å². The van der Waals surface area contributed by atoms with Crippen molar-refractivity contribution in [2.45, 2.75) is 13.0 Å². The van der Waals surface area contributed by atoms with E-state index >= 15 is 0 Å². The van der Waals surface area contributed by atoms with E-state index in [0.29, 0.717) is 28.6 Å². The van der Waals surface area contributed by atoms with Crippen molar-refractivity contribution in [2.75, 3.05) is 5.88 Å². The second-order valence-corrected chi connectivity index (χ2v) is 5.11. The van der Waals surface area contributed by atoms with Gasteiger partial charge in [0, 0.05) is 28.5 Å². The quantitative estimate of drug-likeness (QED) is 0.566. The summed E-state index contributed by atoms with van der Waals surface area (Å²) in [4.78, 5) is 0. The van der Waals surface area contributed by atoms with Gasteiger partial charge in [-0.3, -0.25) is 0 Å². The molecule has 108 valence electrons. The number of benzene rings is 2. The van der Waals surface area contributed by atoms with Gasteiger partial charge in [-0.25, -0.2) is 4.39 Å². The average Bonchev–Trinajstić information content (AvgIpc) is 2.47. The molecule has 0 aliphatic heterocycles. The van der Waals surface area contributed by atoms with Crippen LogP contribution >= 0.6 is 23.2 Å². The van der Waals surface area contributed by atoms with Crippen molar-refractivity contribution in [3.05, 3.63) is 64.4 Å². The highest BCUT2D eigenvalue weighted by atomic mass is 35.5. The zero-order valence-electron chi connectivity index (χ0n) is 11.2. The van der Waals surface area contributed by atoms with Gasteiger partial charge < -0.3 is 4.74 Å². The van der Waals surface area contributed by atoms with Gasteiger partial charge in [-0.1, -0.05) is 35.6 Å². The first-order valence-electron chi connectivity index (χ1n) is 6.40. The van der Waals surface area contributed by atoms with Gasteiger partial charge in [0.2, 0.25) is 0 Å². The molecule has 0 saturated heterocycles. The van der Waals surface area contributed by atoms with E-state index in [2.05, 4.69) is 11.8 Å². The van der Waals surface area contributed by atoms with Gasteiger partial charge in [-0.2, -0.15) is 0 Å². The maximum atomic E-state index is 13.6. The Morgan fingerprint density at radius 3 is 2.76 bits per heavy atom. The molecular weight excluding hydrogens is 310 g/mol. The Bertz CT molecular complexity index is 674. The van der Waals surface area contributed by atoms with Crippen LogP contribution in [-0.2, 0) is 6.61 Å². The van der Waals surface area contributed by atoms with Crippen LogP contribution in [0.15, 0.2) is 42.5 Å². The fraction of sp³-hybridized carbons (Fsp3) is 0.176. The Morgan fingerprint density at radius 1 is 1.14 bits per heavy atom. The largest absolute Gasteiger partial charge is 0.489 e. The molecule has 0 saturated carbocycles. The molecule has 0 spiro atoms. The maximum Gasteiger partial charge on any atom is 0.131 e. The van der Waals surface area contributed by atoms with Crippen LogP contribution in [-0.4, -0.2) is 5.88 Å². The number of halogens is 3. The van der Waals surface area contributed by atoms with Gasteiger partial charge in [0.05, 0.1) is 0 Å². The van der Waals surface area contributed by atoms with E-state index in [-0.39, 0.29) is 12.4 Å². The fourth-order valence-electron chi connectivity index (χ4n) is 1.68. The Kier molecular flexibility index (Phi) is 5.92. The van der Waals surface area contributed by atoms with Crippen molar-refractivity contribution in [3.8, 4) is 17.6 Å². The van der Waals surface area contributed by atoms with E-state index in [1.54, 1.807) is 18.2 Å². The van der Waals surface area contributed by atoms with Gasteiger partial charge in [0.25, 0.3) is 0 Å². The molecule has 0 aromatic heterocycles. The lowest BCUT2D eigenvalue weighted by atomic mass is 10.2. The van der Waals surface area contributed by atoms with E-state index in [4.69, 9.17) is 27.9 Å². The Labute approximate surface area is 133 Å². The summed E-state index contributed by atoms with van der Waals surface area (Å²) in [6, 6.07) is 11.9. The Morgan fingerprint density at radius 2 is 2.00 bits per heavy atom. The highest BCUT2D eigenvalue weighted by molar-refractivity contribution is 6.30.